The van der Waals surface area contributed by atoms with E-state index in [0.717, 1.165) is 36.4 Å². The number of carboxylic acids is 3. The number of non-ortho nitro benzene ring substituents is 3. The third-order valence-electron chi connectivity index (χ3n) is 4.43. The third-order valence-corrected chi connectivity index (χ3v) is 4.43. The maximum absolute atomic E-state index is 10.5. The summed E-state index contributed by atoms with van der Waals surface area (Å²) in [4.78, 5) is 60.2. The predicted molar refractivity (Wildman–Crippen MR) is 133 cm³/mol. The Morgan fingerprint density at radius 3 is 0.875 bits per heavy atom. The van der Waals surface area contributed by atoms with Crippen LogP contribution in [0.2, 0.25) is 0 Å². The van der Waals surface area contributed by atoms with Gasteiger partial charge >= 0.3 is 17.9 Å². The third kappa shape index (κ3) is 9.99. The quantitative estimate of drug-likeness (QED) is 0.121. The van der Waals surface area contributed by atoms with E-state index in [-0.39, 0.29) is 87.7 Å². The molecule has 0 aliphatic rings. The van der Waals surface area contributed by atoms with Crippen molar-refractivity contribution in [1.29, 1.82) is 0 Å². The van der Waals surface area contributed by atoms with Gasteiger partial charge in [0.05, 0.1) is 31.5 Å². The normalized spacial score (nSPS) is 9.30. The molecule has 0 amide bonds. The number of carbonyl (C=O) groups is 3. The van der Waals surface area contributed by atoms with E-state index >= 15 is 0 Å². The number of hydrogen-bond donors (Lipinski definition) is 6. The maximum Gasteiger partial charge on any atom is 0.338 e. The van der Waals surface area contributed by atoms with Gasteiger partial charge in [0.25, 0.3) is 17.1 Å². The van der Waals surface area contributed by atoms with Crippen LogP contribution in [-0.2, 0) is 0 Å². The molecule has 9 N–H and O–H groups in total. The Morgan fingerprint density at radius 2 is 0.725 bits per heavy atom. The summed E-state index contributed by atoms with van der Waals surface area (Å²) in [5.74, 6) is -3.83. The summed E-state index contributed by atoms with van der Waals surface area (Å²) in [7, 11) is 0. The molecule has 0 aliphatic heterocycles. The van der Waals surface area contributed by atoms with Crippen molar-refractivity contribution in [3.05, 3.63) is 102 Å². The Labute approximate surface area is 251 Å². The number of hydrogen-bond acceptors (Lipinski definition) is 12. The Morgan fingerprint density at radius 1 is 0.525 bits per heavy atom. The summed E-state index contributed by atoms with van der Waals surface area (Å²) in [6.45, 7) is 0. The number of carboxylic acid groups (broad SMARTS) is 3. The standard InChI is InChI=1S/3C7H6N2O4.Lu/c3*8-6-2-1-4(9(12)13)3-5(6)7(10)11;/h3*1-3H,8H2,(H,10,11);. The zero-order chi connectivity index (χ0) is 30.0. The zero-order valence-electron chi connectivity index (χ0n) is 19.5. The summed E-state index contributed by atoms with van der Waals surface area (Å²) in [5, 5.41) is 56.5. The first kappa shape index (κ1) is 34.9. The molecule has 0 atom stereocenters. The molecule has 1 radical (unpaired) electrons. The first-order valence-electron chi connectivity index (χ1n) is 9.88. The van der Waals surface area contributed by atoms with Crippen molar-refractivity contribution in [1.82, 2.24) is 0 Å². The molecule has 0 bridgehead atoms. The molecular weight excluding hydrogens is 703 g/mol. The van der Waals surface area contributed by atoms with Gasteiger partial charge in [-0.1, -0.05) is 0 Å². The monoisotopic (exact) mass is 721 g/mol. The molecule has 0 saturated carbocycles. The zero-order valence-corrected chi connectivity index (χ0v) is 21.2. The van der Waals surface area contributed by atoms with Crippen molar-refractivity contribution < 1.29 is 81.3 Å². The van der Waals surface area contributed by atoms with Crippen LogP contribution in [0.25, 0.3) is 0 Å². The molecule has 19 heteroatoms. The van der Waals surface area contributed by atoms with Gasteiger partial charge in [-0.25, -0.2) is 14.4 Å². The van der Waals surface area contributed by atoms with Crippen LogP contribution in [0.4, 0.5) is 34.1 Å². The van der Waals surface area contributed by atoms with Crippen LogP contribution in [0.3, 0.4) is 0 Å². The molecule has 3 rings (SSSR count). The molecule has 0 aromatic heterocycles. The topological polar surface area (TPSA) is 319 Å². The fourth-order valence-electron chi connectivity index (χ4n) is 2.53. The number of anilines is 3. The number of nitrogens with zero attached hydrogens (tertiary/aromatic N) is 3. The van der Waals surface area contributed by atoms with Crippen molar-refractivity contribution in [2.75, 3.05) is 17.2 Å². The molecule has 0 saturated heterocycles. The molecule has 219 valence electrons. The Balaban J connectivity index is 0.000000563. The van der Waals surface area contributed by atoms with E-state index in [2.05, 4.69) is 0 Å². The van der Waals surface area contributed by atoms with Gasteiger partial charge in [-0.2, -0.15) is 0 Å². The van der Waals surface area contributed by atoms with Crippen molar-refractivity contribution in [3.8, 4) is 0 Å². The molecule has 0 fully saturated rings. The maximum atomic E-state index is 10.5. The SMILES string of the molecule is Nc1ccc([N+](=O)[O-])cc1C(=O)O.Nc1ccc([N+](=O)[O-])cc1C(=O)O.Nc1ccc([N+](=O)[O-])cc1C(=O)O.[Lu]. The van der Waals surface area contributed by atoms with Crippen molar-refractivity contribution in [2.45, 2.75) is 0 Å². The number of nitrogens with two attached hydrogens (primary N) is 3. The van der Waals surface area contributed by atoms with Crippen LogP contribution >= 0.6 is 0 Å². The number of nitro groups is 3. The molecule has 0 heterocycles. The van der Waals surface area contributed by atoms with E-state index in [0.29, 0.717) is 0 Å². The van der Waals surface area contributed by atoms with Gasteiger partial charge in [0.1, 0.15) is 0 Å². The van der Waals surface area contributed by atoms with Crippen molar-refractivity contribution in [3.63, 3.8) is 0 Å². The molecule has 3 aromatic rings. The molecule has 40 heavy (non-hydrogen) atoms. The molecule has 0 spiro atoms. The van der Waals surface area contributed by atoms with Gasteiger partial charge in [0.2, 0.25) is 0 Å². The van der Waals surface area contributed by atoms with Crippen LogP contribution < -0.4 is 17.2 Å². The summed E-state index contributed by atoms with van der Waals surface area (Å²) >= 11 is 0. The van der Waals surface area contributed by atoms with E-state index in [4.69, 9.17) is 32.5 Å². The smallest absolute Gasteiger partial charge is 0.338 e. The fraction of sp³-hybridized carbons (Fsp3) is 0. The van der Waals surface area contributed by atoms with Crippen LogP contribution in [-0.4, -0.2) is 48.0 Å². The molecule has 18 nitrogen and oxygen atoms in total. The Hall–Kier alpha value is -5.10. The molecule has 0 aliphatic carbocycles. The second kappa shape index (κ2) is 15.3. The minimum atomic E-state index is -1.28. The first-order valence-corrected chi connectivity index (χ1v) is 9.88. The van der Waals surface area contributed by atoms with Crippen LogP contribution in [0.1, 0.15) is 31.1 Å². The first-order chi connectivity index (χ1) is 18.1. The average molecular weight is 721 g/mol. The van der Waals surface area contributed by atoms with Gasteiger partial charge in [-0.15, -0.1) is 0 Å². The van der Waals surface area contributed by atoms with Gasteiger partial charge in [-0.05, 0) is 18.2 Å². The number of benzene rings is 3. The van der Waals surface area contributed by atoms with E-state index in [9.17, 15) is 44.7 Å². The summed E-state index contributed by atoms with van der Waals surface area (Å²) in [6.07, 6.45) is 0. The Kier molecular flexibility index (Phi) is 13.4. The van der Waals surface area contributed by atoms with E-state index < -0.39 is 32.7 Å². The van der Waals surface area contributed by atoms with E-state index in [1.807, 2.05) is 0 Å². The minimum absolute atomic E-state index is 0. The van der Waals surface area contributed by atoms with Crippen LogP contribution in [0.15, 0.2) is 54.6 Å². The van der Waals surface area contributed by atoms with Crippen molar-refractivity contribution >= 4 is 52.0 Å². The van der Waals surface area contributed by atoms with E-state index in [1.165, 1.54) is 18.2 Å². The Bertz CT molecular complexity index is 1310. The van der Waals surface area contributed by atoms with Gasteiger partial charge in [-0.3, -0.25) is 30.3 Å². The predicted octanol–water partition coefficient (Wildman–Crippen LogP) is 2.63. The van der Waals surface area contributed by atoms with Gasteiger partial charge in [0.15, 0.2) is 0 Å². The minimum Gasteiger partial charge on any atom is -0.478 e. The number of aromatic carboxylic acids is 3. The summed E-state index contributed by atoms with van der Waals surface area (Å²) < 4.78 is 0. The second-order valence-corrected chi connectivity index (χ2v) is 7.00. The molecule has 3 aromatic carbocycles. The number of nitro benzene ring substituents is 3. The van der Waals surface area contributed by atoms with Gasteiger partial charge < -0.3 is 32.5 Å². The molecule has 0 unspecified atom stereocenters. The fourth-order valence-corrected chi connectivity index (χ4v) is 2.53. The largest absolute Gasteiger partial charge is 0.478 e. The van der Waals surface area contributed by atoms with E-state index in [1.54, 1.807) is 0 Å². The van der Waals surface area contributed by atoms with Crippen LogP contribution in [0, 0.1) is 67.2 Å². The van der Waals surface area contributed by atoms with Crippen LogP contribution in [0.5, 0.6) is 0 Å². The molecular formula is C21H18LuN6O12. The summed E-state index contributed by atoms with van der Waals surface area (Å²) in [5.41, 5.74) is 14.3. The second-order valence-electron chi connectivity index (χ2n) is 7.00. The van der Waals surface area contributed by atoms with Gasteiger partial charge in [0, 0.05) is 90.3 Å². The summed E-state index contributed by atoms with van der Waals surface area (Å²) in [6, 6.07) is 9.84. The number of rotatable bonds is 6. The number of nitrogen functional groups attached to an aromatic ring is 3. The van der Waals surface area contributed by atoms with Crippen molar-refractivity contribution in [2.24, 2.45) is 0 Å². The average Bonchev–Trinajstić information content (AvgIpc) is 2.84.